The third kappa shape index (κ3) is 2.33. The van der Waals surface area contributed by atoms with E-state index in [9.17, 15) is 24.0 Å². The number of nitrogens with one attached hydrogen (secondary N) is 1. The van der Waals surface area contributed by atoms with Crippen LogP contribution in [0.4, 0.5) is 0 Å². The van der Waals surface area contributed by atoms with Gasteiger partial charge in [-0.05, 0) is 24.6 Å². The molecule has 6 atom stereocenters. The average Bonchev–Trinajstić information content (AvgIpc) is 3.22. The smallest absolute Gasteiger partial charge is 0.252 e. The Labute approximate surface area is 193 Å². The number of amides is 5. The molecule has 6 rings (SSSR count). The molecule has 0 spiro atoms. The molecule has 3 aliphatic carbocycles. The van der Waals surface area contributed by atoms with Gasteiger partial charge < -0.3 is 11.2 Å². The number of carbonyl (C=O) groups excluding carboxylic acids is 5. The van der Waals surface area contributed by atoms with Crippen molar-refractivity contribution in [2.75, 3.05) is 0 Å². The largest absolute Gasteiger partial charge is 0.341 e. The number of hydrazine groups is 2. The summed E-state index contributed by atoms with van der Waals surface area (Å²) in [5.41, 5.74) is -2.24. The van der Waals surface area contributed by atoms with Gasteiger partial charge >= 0.3 is 0 Å². The van der Waals surface area contributed by atoms with Crippen molar-refractivity contribution < 1.29 is 24.0 Å². The quantitative estimate of drug-likeness (QED) is 0.135. The lowest BCUT2D eigenvalue weighted by atomic mass is 9.41. The lowest BCUT2D eigenvalue weighted by Gasteiger charge is -2.60. The number of hydrogen-bond acceptors (Lipinski definition) is 9. The number of benzene rings is 1. The summed E-state index contributed by atoms with van der Waals surface area (Å²) in [5, 5.41) is 7.58. The number of carbonyl (C=O) groups is 5. The first-order chi connectivity index (χ1) is 16.0. The van der Waals surface area contributed by atoms with Crippen LogP contribution in [0.3, 0.4) is 0 Å². The Morgan fingerprint density at radius 1 is 0.912 bits per heavy atom. The van der Waals surface area contributed by atoms with Crippen LogP contribution in [0.1, 0.15) is 24.2 Å². The maximum Gasteiger partial charge on any atom is 0.252 e. The summed E-state index contributed by atoms with van der Waals surface area (Å²) in [6.07, 6.45) is 1.54. The van der Waals surface area contributed by atoms with Crippen molar-refractivity contribution in [3.05, 3.63) is 47.5 Å². The minimum absolute atomic E-state index is 0.255. The lowest BCUT2D eigenvalue weighted by molar-refractivity contribution is -0.150. The number of nitrogens with zero attached hydrogens (tertiary/aromatic N) is 3. The van der Waals surface area contributed by atoms with E-state index in [0.29, 0.717) is 15.6 Å². The molecule has 0 radical (unpaired) electrons. The molecule has 176 valence electrons. The van der Waals surface area contributed by atoms with Gasteiger partial charge in [-0.1, -0.05) is 31.2 Å². The normalized spacial score (nSPS) is 36.6. The Morgan fingerprint density at radius 3 is 1.85 bits per heavy atom. The van der Waals surface area contributed by atoms with Crippen molar-refractivity contribution in [3.8, 4) is 0 Å². The van der Waals surface area contributed by atoms with Gasteiger partial charge in [0.25, 0.3) is 5.91 Å². The summed E-state index contributed by atoms with van der Waals surface area (Å²) < 4.78 is 0. The van der Waals surface area contributed by atoms with Gasteiger partial charge in [-0.25, -0.2) is 21.7 Å². The highest BCUT2D eigenvalue weighted by molar-refractivity contribution is 6.15. The van der Waals surface area contributed by atoms with Crippen molar-refractivity contribution >= 4 is 35.2 Å². The van der Waals surface area contributed by atoms with Gasteiger partial charge in [-0.2, -0.15) is 5.10 Å². The summed E-state index contributed by atoms with van der Waals surface area (Å²) in [6, 6.07) is 8.15. The van der Waals surface area contributed by atoms with Gasteiger partial charge in [0.15, 0.2) is 0 Å². The molecule has 2 heterocycles. The molecular formula is C22H23N7O5. The van der Waals surface area contributed by atoms with Gasteiger partial charge in [0, 0.05) is 11.0 Å². The van der Waals surface area contributed by atoms with Crippen molar-refractivity contribution in [1.82, 2.24) is 15.3 Å². The average molecular weight is 465 g/mol. The van der Waals surface area contributed by atoms with E-state index in [4.69, 9.17) is 17.5 Å². The first-order valence-corrected chi connectivity index (χ1v) is 10.6. The molecule has 3 fully saturated rings. The molecule has 0 aromatic heterocycles. The van der Waals surface area contributed by atoms with E-state index in [2.05, 4.69) is 10.4 Å². The van der Waals surface area contributed by atoms with E-state index < -0.39 is 64.2 Å². The van der Waals surface area contributed by atoms with E-state index in [0.717, 1.165) is 0 Å². The van der Waals surface area contributed by atoms with Crippen LogP contribution in [0.25, 0.3) is 0 Å². The highest BCUT2D eigenvalue weighted by Crippen LogP contribution is 2.67. The van der Waals surface area contributed by atoms with Crippen LogP contribution >= 0.6 is 0 Å². The van der Waals surface area contributed by atoms with Crippen molar-refractivity contribution in [3.63, 3.8) is 0 Å². The standard InChI is InChI=1S/C22H23N7O5/c1-9(27-23)11-8-22(26-16(30)10-6-4-3-5-7-10)14-12(17(31)28(24)19(14)33)21(11,2)13-15(22)20(34)29(25)18(13)32/h3-8,12-15H,23-25H2,1-2H3,(H,26,30)/b27-9-/t12-,13+,14+,15-,21?,22?. The minimum atomic E-state index is -1.77. The summed E-state index contributed by atoms with van der Waals surface area (Å²) >= 11 is 0. The third-order valence-corrected chi connectivity index (χ3v) is 7.91. The lowest BCUT2D eigenvalue weighted by Crippen LogP contribution is -2.73. The number of hydrogen-bond donors (Lipinski definition) is 4. The summed E-state index contributed by atoms with van der Waals surface area (Å²) in [5.74, 6) is 8.89. The molecule has 7 N–H and O–H groups in total. The molecule has 5 aliphatic rings. The second-order valence-corrected chi connectivity index (χ2v) is 9.31. The molecule has 12 heteroatoms. The van der Waals surface area contributed by atoms with Gasteiger partial charge in [-0.3, -0.25) is 24.0 Å². The molecular weight excluding hydrogens is 442 g/mol. The molecule has 34 heavy (non-hydrogen) atoms. The fourth-order valence-electron chi connectivity index (χ4n) is 6.46. The van der Waals surface area contributed by atoms with Crippen LogP contribution in [0, 0.1) is 29.1 Å². The Balaban J connectivity index is 1.82. The summed E-state index contributed by atoms with van der Waals surface area (Å²) in [4.78, 5) is 66.6. The van der Waals surface area contributed by atoms with E-state index in [1.165, 1.54) is 6.08 Å². The maximum absolute atomic E-state index is 13.4. The zero-order valence-electron chi connectivity index (χ0n) is 18.4. The van der Waals surface area contributed by atoms with Gasteiger partial charge in [-0.15, -0.1) is 0 Å². The molecule has 5 amide bonds. The third-order valence-electron chi connectivity index (χ3n) is 7.91. The van der Waals surface area contributed by atoms with Crippen LogP contribution < -0.4 is 22.8 Å². The first-order valence-electron chi connectivity index (χ1n) is 10.6. The van der Waals surface area contributed by atoms with E-state index in [1.807, 2.05) is 0 Å². The van der Waals surface area contributed by atoms with Crippen LogP contribution in [0.5, 0.6) is 0 Å². The second kappa shape index (κ2) is 6.81. The van der Waals surface area contributed by atoms with Gasteiger partial charge in [0.1, 0.15) is 0 Å². The number of nitrogens with two attached hydrogens (primary N) is 3. The zero-order valence-corrected chi connectivity index (χ0v) is 18.4. The molecule has 1 aromatic rings. The van der Waals surface area contributed by atoms with Crippen LogP contribution in [-0.2, 0) is 19.2 Å². The molecule has 1 saturated carbocycles. The van der Waals surface area contributed by atoms with Crippen LogP contribution in [0.2, 0.25) is 0 Å². The predicted octanol–water partition coefficient (Wildman–Crippen LogP) is -1.60. The molecule has 2 saturated heterocycles. The van der Waals surface area contributed by atoms with Gasteiger partial charge in [0.2, 0.25) is 23.6 Å². The van der Waals surface area contributed by atoms with Crippen molar-refractivity contribution in [2.45, 2.75) is 19.4 Å². The highest BCUT2D eigenvalue weighted by Gasteiger charge is 2.80. The fraction of sp³-hybridized carbons (Fsp3) is 0.364. The molecule has 2 unspecified atom stereocenters. The number of hydrazone groups is 1. The molecule has 1 aromatic carbocycles. The summed E-state index contributed by atoms with van der Waals surface area (Å²) in [6.45, 7) is 3.19. The van der Waals surface area contributed by atoms with E-state index in [1.54, 1.807) is 44.2 Å². The highest BCUT2D eigenvalue weighted by atomic mass is 16.2. The first kappa shape index (κ1) is 21.9. The SMILES string of the molecule is C/C(=N/N)C1=CC2(NC(=O)c3ccccc3)[C@@H]3C(=O)N(N)C(=O)[C@@H]3C1(C)[C@@H]1C(=O)N(N)C(=O)[C@@H]12. The minimum Gasteiger partial charge on any atom is -0.341 e. The topological polar surface area (TPSA) is 194 Å². The zero-order chi connectivity index (χ0) is 24.7. The Morgan fingerprint density at radius 2 is 1.38 bits per heavy atom. The molecule has 12 nitrogen and oxygen atoms in total. The van der Waals surface area contributed by atoms with Gasteiger partial charge in [0.05, 0.1) is 34.9 Å². The van der Waals surface area contributed by atoms with Crippen molar-refractivity contribution in [1.29, 1.82) is 0 Å². The number of rotatable bonds is 3. The monoisotopic (exact) mass is 465 g/mol. The Bertz CT molecular complexity index is 1190. The van der Waals surface area contributed by atoms with E-state index in [-0.39, 0.29) is 11.3 Å². The summed E-state index contributed by atoms with van der Waals surface area (Å²) in [7, 11) is 0. The fourth-order valence-corrected chi connectivity index (χ4v) is 6.46. The number of imide groups is 2. The number of allylic oxidation sites excluding steroid dienone is 1. The van der Waals surface area contributed by atoms with Crippen molar-refractivity contribution in [2.24, 2.45) is 51.7 Å². The maximum atomic E-state index is 13.4. The van der Waals surface area contributed by atoms with Crippen LogP contribution in [-0.4, -0.2) is 50.8 Å². The van der Waals surface area contributed by atoms with E-state index >= 15 is 0 Å². The molecule has 2 bridgehead atoms. The predicted molar refractivity (Wildman–Crippen MR) is 116 cm³/mol. The molecule has 2 aliphatic heterocycles. The Kier molecular flexibility index (Phi) is 4.39. The second-order valence-electron chi connectivity index (χ2n) is 9.31. The van der Waals surface area contributed by atoms with Crippen LogP contribution in [0.15, 0.2) is 47.1 Å². The Hall–Kier alpha value is -3.90.